The van der Waals surface area contributed by atoms with Crippen molar-refractivity contribution in [3.8, 4) is 0 Å². The zero-order valence-corrected chi connectivity index (χ0v) is 12.5. The Morgan fingerprint density at radius 1 is 1.39 bits per heavy atom. The summed E-state index contributed by atoms with van der Waals surface area (Å²) < 4.78 is 0. The SMILES string of the molecule is Cc1ncsc1CN(C)c1ncc(CCl)cc1Cl. The Balaban J connectivity index is 2.19. The van der Waals surface area contributed by atoms with Crippen LogP contribution in [0.15, 0.2) is 17.8 Å². The highest BCUT2D eigenvalue weighted by atomic mass is 35.5. The van der Waals surface area contributed by atoms with E-state index < -0.39 is 0 Å². The molecular weight excluding hydrogens is 289 g/mol. The van der Waals surface area contributed by atoms with Crippen molar-refractivity contribution in [1.29, 1.82) is 0 Å². The van der Waals surface area contributed by atoms with E-state index in [0.29, 0.717) is 10.9 Å². The van der Waals surface area contributed by atoms with E-state index in [4.69, 9.17) is 23.2 Å². The van der Waals surface area contributed by atoms with Crippen LogP contribution < -0.4 is 4.90 Å². The van der Waals surface area contributed by atoms with Crippen molar-refractivity contribution in [3.63, 3.8) is 0 Å². The van der Waals surface area contributed by atoms with Crippen LogP contribution in [0.3, 0.4) is 0 Å². The van der Waals surface area contributed by atoms with Gasteiger partial charge in [0, 0.05) is 24.0 Å². The Morgan fingerprint density at radius 2 is 2.17 bits per heavy atom. The third-order valence-corrected chi connectivity index (χ3v) is 4.13. The van der Waals surface area contributed by atoms with Crippen LogP contribution in [0.25, 0.3) is 0 Å². The lowest BCUT2D eigenvalue weighted by atomic mass is 10.3. The first-order valence-electron chi connectivity index (χ1n) is 5.42. The molecule has 0 saturated carbocycles. The number of pyridine rings is 1. The van der Waals surface area contributed by atoms with Gasteiger partial charge in [-0.3, -0.25) is 0 Å². The van der Waals surface area contributed by atoms with E-state index in [0.717, 1.165) is 23.6 Å². The third kappa shape index (κ3) is 2.94. The molecule has 0 radical (unpaired) electrons. The Bertz CT molecular complexity index is 542. The van der Waals surface area contributed by atoms with Crippen LogP contribution in [0.4, 0.5) is 5.82 Å². The Morgan fingerprint density at radius 3 is 2.72 bits per heavy atom. The topological polar surface area (TPSA) is 29.0 Å². The largest absolute Gasteiger partial charge is 0.353 e. The highest BCUT2D eigenvalue weighted by Gasteiger charge is 2.11. The quantitative estimate of drug-likeness (QED) is 0.803. The minimum atomic E-state index is 0.421. The predicted octanol–water partition coefficient (Wildman–Crippen LogP) is 3.88. The monoisotopic (exact) mass is 301 g/mol. The molecule has 0 aliphatic heterocycles. The second-order valence-corrected chi connectivity index (χ2v) is 5.61. The van der Waals surface area contributed by atoms with E-state index in [1.165, 1.54) is 4.88 Å². The first-order chi connectivity index (χ1) is 8.61. The number of hydrogen-bond acceptors (Lipinski definition) is 4. The molecular formula is C12H13Cl2N3S. The molecule has 0 aliphatic rings. The zero-order valence-electron chi connectivity index (χ0n) is 10.2. The lowest BCUT2D eigenvalue weighted by molar-refractivity contribution is 0.900. The van der Waals surface area contributed by atoms with Crippen molar-refractivity contribution in [3.05, 3.63) is 38.9 Å². The molecule has 0 amide bonds. The molecule has 3 nitrogen and oxygen atoms in total. The predicted molar refractivity (Wildman–Crippen MR) is 77.8 cm³/mol. The maximum Gasteiger partial charge on any atom is 0.147 e. The standard InChI is InChI=1S/C12H13Cl2N3S/c1-8-11(18-7-16-8)6-17(2)12-10(14)3-9(4-13)5-15-12/h3,5,7H,4,6H2,1-2H3. The number of thiazole rings is 1. The Hall–Kier alpha value is -0.840. The van der Waals surface area contributed by atoms with Gasteiger partial charge in [-0.2, -0.15) is 0 Å². The number of hydrogen-bond donors (Lipinski definition) is 0. The van der Waals surface area contributed by atoms with Gasteiger partial charge in [0.05, 0.1) is 22.8 Å². The molecule has 0 bridgehead atoms. The van der Waals surface area contributed by atoms with Crippen LogP contribution in [-0.2, 0) is 12.4 Å². The van der Waals surface area contributed by atoms with Gasteiger partial charge >= 0.3 is 0 Å². The molecule has 6 heteroatoms. The van der Waals surface area contributed by atoms with Crippen molar-refractivity contribution < 1.29 is 0 Å². The molecule has 0 spiro atoms. The van der Waals surface area contributed by atoms with Crippen molar-refractivity contribution >= 4 is 40.4 Å². The number of aromatic nitrogens is 2. The van der Waals surface area contributed by atoms with E-state index in [1.807, 2.05) is 30.4 Å². The van der Waals surface area contributed by atoms with Gasteiger partial charge in [0.15, 0.2) is 0 Å². The number of aryl methyl sites for hydroxylation is 1. The number of nitrogens with zero attached hydrogens (tertiary/aromatic N) is 3. The van der Waals surface area contributed by atoms with E-state index in [1.54, 1.807) is 17.5 Å². The molecule has 96 valence electrons. The van der Waals surface area contributed by atoms with Gasteiger partial charge in [0.2, 0.25) is 0 Å². The minimum absolute atomic E-state index is 0.421. The summed E-state index contributed by atoms with van der Waals surface area (Å²) in [4.78, 5) is 11.8. The van der Waals surface area contributed by atoms with Gasteiger partial charge in [-0.15, -0.1) is 22.9 Å². The highest BCUT2D eigenvalue weighted by Crippen LogP contribution is 2.26. The molecule has 0 N–H and O–H groups in total. The molecule has 0 aromatic carbocycles. The van der Waals surface area contributed by atoms with Gasteiger partial charge < -0.3 is 4.90 Å². The summed E-state index contributed by atoms with van der Waals surface area (Å²) in [6.07, 6.45) is 1.75. The minimum Gasteiger partial charge on any atom is -0.353 e. The van der Waals surface area contributed by atoms with Crippen LogP contribution >= 0.6 is 34.5 Å². The number of rotatable bonds is 4. The van der Waals surface area contributed by atoms with Gasteiger partial charge in [0.25, 0.3) is 0 Å². The average Bonchev–Trinajstić information content (AvgIpc) is 2.74. The Kier molecular flexibility index (Phi) is 4.43. The lowest BCUT2D eigenvalue weighted by Gasteiger charge is -2.19. The van der Waals surface area contributed by atoms with Gasteiger partial charge in [-0.1, -0.05) is 11.6 Å². The molecule has 2 heterocycles. The first kappa shape index (κ1) is 13.6. The number of alkyl halides is 1. The second kappa shape index (κ2) is 5.87. The number of anilines is 1. The summed E-state index contributed by atoms with van der Waals surface area (Å²) in [6.45, 7) is 2.76. The van der Waals surface area contributed by atoms with Crippen molar-refractivity contribution in [2.45, 2.75) is 19.3 Å². The van der Waals surface area contributed by atoms with Crippen LogP contribution in [-0.4, -0.2) is 17.0 Å². The summed E-state index contributed by atoms with van der Waals surface area (Å²) in [7, 11) is 1.97. The van der Waals surface area contributed by atoms with Crippen LogP contribution in [0, 0.1) is 6.92 Å². The van der Waals surface area contributed by atoms with Crippen LogP contribution in [0.2, 0.25) is 5.02 Å². The zero-order chi connectivity index (χ0) is 13.1. The van der Waals surface area contributed by atoms with Gasteiger partial charge in [0.1, 0.15) is 5.82 Å². The molecule has 18 heavy (non-hydrogen) atoms. The molecule has 2 rings (SSSR count). The molecule has 0 aliphatic carbocycles. The fourth-order valence-corrected chi connectivity index (χ4v) is 2.90. The van der Waals surface area contributed by atoms with Crippen LogP contribution in [0.1, 0.15) is 16.1 Å². The molecule has 0 atom stereocenters. The smallest absolute Gasteiger partial charge is 0.147 e. The molecule has 2 aromatic heterocycles. The molecule has 0 saturated heterocycles. The van der Waals surface area contributed by atoms with E-state index in [-0.39, 0.29) is 0 Å². The molecule has 2 aromatic rings. The summed E-state index contributed by atoms with van der Waals surface area (Å²) in [5.41, 5.74) is 3.83. The van der Waals surface area contributed by atoms with Crippen molar-refractivity contribution in [2.75, 3.05) is 11.9 Å². The van der Waals surface area contributed by atoms with Crippen molar-refractivity contribution in [1.82, 2.24) is 9.97 Å². The highest BCUT2D eigenvalue weighted by molar-refractivity contribution is 7.09. The summed E-state index contributed by atoms with van der Waals surface area (Å²) in [5, 5.41) is 0.623. The summed E-state index contributed by atoms with van der Waals surface area (Å²) >= 11 is 13.6. The Labute approximate surface area is 120 Å². The van der Waals surface area contributed by atoms with E-state index in [2.05, 4.69) is 9.97 Å². The summed E-state index contributed by atoms with van der Waals surface area (Å²) in [5.74, 6) is 1.18. The average molecular weight is 302 g/mol. The van der Waals surface area contributed by atoms with E-state index >= 15 is 0 Å². The second-order valence-electron chi connectivity index (χ2n) is 4.00. The molecule has 0 unspecified atom stereocenters. The van der Waals surface area contributed by atoms with Crippen molar-refractivity contribution in [2.24, 2.45) is 0 Å². The van der Waals surface area contributed by atoms with Crippen LogP contribution in [0.5, 0.6) is 0 Å². The first-order valence-corrected chi connectivity index (χ1v) is 7.21. The van der Waals surface area contributed by atoms with Gasteiger partial charge in [-0.05, 0) is 18.6 Å². The van der Waals surface area contributed by atoms with E-state index in [9.17, 15) is 0 Å². The fraction of sp³-hybridized carbons (Fsp3) is 0.333. The molecule has 0 fully saturated rings. The lowest BCUT2D eigenvalue weighted by Crippen LogP contribution is -2.18. The maximum atomic E-state index is 6.21. The third-order valence-electron chi connectivity index (χ3n) is 2.62. The fourth-order valence-electron chi connectivity index (χ4n) is 1.59. The van der Waals surface area contributed by atoms with Gasteiger partial charge in [-0.25, -0.2) is 9.97 Å². The summed E-state index contributed by atoms with van der Waals surface area (Å²) in [6, 6.07) is 1.85. The number of halogens is 2. The maximum absolute atomic E-state index is 6.21. The normalized spacial score (nSPS) is 10.7.